The number of aromatic nitrogens is 1. The number of pyridine rings is 1. The molecule has 0 radical (unpaired) electrons. The lowest BCUT2D eigenvalue weighted by Gasteiger charge is -2.38. The van der Waals surface area contributed by atoms with E-state index in [0.717, 1.165) is 38.1 Å². The van der Waals surface area contributed by atoms with Crippen LogP contribution >= 0.6 is 11.6 Å². The van der Waals surface area contributed by atoms with Gasteiger partial charge in [-0.25, -0.2) is 9.18 Å². The minimum Gasteiger partial charge on any atom is -0.335 e. The van der Waals surface area contributed by atoms with Crippen molar-refractivity contribution >= 4 is 17.6 Å². The number of hydrogen-bond donors (Lipinski definition) is 2. The summed E-state index contributed by atoms with van der Waals surface area (Å²) in [7, 11) is 0. The Kier molecular flexibility index (Phi) is 8.81. The van der Waals surface area contributed by atoms with Gasteiger partial charge in [-0.3, -0.25) is 4.98 Å². The van der Waals surface area contributed by atoms with E-state index >= 15 is 0 Å². The molecule has 0 bridgehead atoms. The van der Waals surface area contributed by atoms with Crippen LogP contribution in [0.4, 0.5) is 22.4 Å². The summed E-state index contributed by atoms with van der Waals surface area (Å²) in [6, 6.07) is 14.0. The summed E-state index contributed by atoms with van der Waals surface area (Å²) in [6.45, 7) is 5.86. The van der Waals surface area contributed by atoms with E-state index < -0.39 is 29.1 Å². The molecule has 39 heavy (non-hydrogen) atoms. The molecule has 10 heteroatoms. The van der Waals surface area contributed by atoms with Crippen LogP contribution in [0.3, 0.4) is 0 Å². The average molecular weight is 563 g/mol. The molecule has 208 valence electrons. The van der Waals surface area contributed by atoms with Gasteiger partial charge < -0.3 is 15.5 Å². The Balaban J connectivity index is 1.78. The summed E-state index contributed by atoms with van der Waals surface area (Å²) < 4.78 is 56.1. The van der Waals surface area contributed by atoms with Crippen LogP contribution in [0.5, 0.6) is 0 Å². The van der Waals surface area contributed by atoms with Crippen LogP contribution in [0.1, 0.15) is 49.1 Å². The lowest BCUT2D eigenvalue weighted by molar-refractivity contribution is -0.137. The predicted octanol–water partition coefficient (Wildman–Crippen LogP) is 6.55. The highest BCUT2D eigenvalue weighted by Crippen LogP contribution is 2.38. The van der Waals surface area contributed by atoms with Crippen molar-refractivity contribution in [2.45, 2.75) is 56.9 Å². The maximum absolute atomic E-state index is 14.7. The zero-order chi connectivity index (χ0) is 28.2. The summed E-state index contributed by atoms with van der Waals surface area (Å²) in [5.41, 5.74) is -1.96. The van der Waals surface area contributed by atoms with Gasteiger partial charge in [0, 0.05) is 37.8 Å². The van der Waals surface area contributed by atoms with Crippen LogP contribution < -0.4 is 10.6 Å². The molecule has 1 aliphatic rings. The van der Waals surface area contributed by atoms with Crippen molar-refractivity contribution in [3.63, 3.8) is 0 Å². The molecular formula is C29H31ClF4N4O. The molecule has 1 aromatic heterocycles. The van der Waals surface area contributed by atoms with Gasteiger partial charge in [0.1, 0.15) is 11.4 Å². The maximum Gasteiger partial charge on any atom is 0.416 e. The SMILES string of the molecule is CC(C)N1CCC(NC(=O)NC(Cc2ccccc2)(c2cc(F)cc(C(F)(F)F)c2)c2ccc(Cl)cn2)CC1. The molecule has 1 fully saturated rings. The van der Waals surface area contributed by atoms with Gasteiger partial charge >= 0.3 is 12.2 Å². The third kappa shape index (κ3) is 7.08. The van der Waals surface area contributed by atoms with Gasteiger partial charge in [-0.15, -0.1) is 0 Å². The first-order chi connectivity index (χ1) is 18.5. The highest BCUT2D eigenvalue weighted by atomic mass is 35.5. The standard InChI is InChI=1S/C29H31ClF4N4O/c1-19(2)38-12-10-25(11-13-38)36-27(39)37-28(17-20-6-4-3-5-7-20,26-9-8-23(30)18-35-26)21-14-22(29(32,33)34)16-24(31)15-21/h3-9,14-16,18-19,25H,10-13,17H2,1-2H3,(H2,36,37,39). The molecule has 0 spiro atoms. The van der Waals surface area contributed by atoms with Gasteiger partial charge in [0.05, 0.1) is 16.3 Å². The highest BCUT2D eigenvalue weighted by molar-refractivity contribution is 6.30. The van der Waals surface area contributed by atoms with Crippen LogP contribution in [-0.4, -0.2) is 41.1 Å². The van der Waals surface area contributed by atoms with Gasteiger partial charge in [0.25, 0.3) is 0 Å². The van der Waals surface area contributed by atoms with E-state index in [-0.39, 0.29) is 23.7 Å². The minimum absolute atomic E-state index is 0.0163. The van der Waals surface area contributed by atoms with Gasteiger partial charge in [-0.2, -0.15) is 13.2 Å². The van der Waals surface area contributed by atoms with Crippen LogP contribution in [0.2, 0.25) is 5.02 Å². The number of nitrogens with one attached hydrogen (secondary N) is 2. The molecule has 5 nitrogen and oxygen atoms in total. The molecule has 1 atom stereocenters. The molecular weight excluding hydrogens is 532 g/mol. The quantitative estimate of drug-likeness (QED) is 0.321. The van der Waals surface area contributed by atoms with Gasteiger partial charge in [0.2, 0.25) is 0 Å². The third-order valence-electron chi connectivity index (χ3n) is 7.12. The Morgan fingerprint density at radius 2 is 1.72 bits per heavy atom. The number of hydrogen-bond acceptors (Lipinski definition) is 3. The number of amides is 2. The van der Waals surface area contributed by atoms with Crippen molar-refractivity contribution in [2.24, 2.45) is 0 Å². The van der Waals surface area contributed by atoms with Crippen molar-refractivity contribution in [1.29, 1.82) is 0 Å². The summed E-state index contributed by atoms with van der Waals surface area (Å²) in [6.07, 6.45) is -1.97. The fourth-order valence-corrected chi connectivity index (χ4v) is 5.14. The Morgan fingerprint density at radius 3 is 2.31 bits per heavy atom. The molecule has 0 saturated carbocycles. The van der Waals surface area contributed by atoms with Crippen molar-refractivity contribution in [3.05, 3.63) is 100 Å². The zero-order valence-electron chi connectivity index (χ0n) is 21.7. The van der Waals surface area contributed by atoms with Crippen LogP contribution in [-0.2, 0) is 18.1 Å². The zero-order valence-corrected chi connectivity index (χ0v) is 22.5. The molecule has 1 aliphatic heterocycles. The highest BCUT2D eigenvalue weighted by Gasteiger charge is 2.41. The fourth-order valence-electron chi connectivity index (χ4n) is 5.03. The molecule has 4 rings (SSSR count). The van der Waals surface area contributed by atoms with Gasteiger partial charge in [0.15, 0.2) is 0 Å². The van der Waals surface area contributed by atoms with E-state index in [2.05, 4.69) is 34.4 Å². The summed E-state index contributed by atoms with van der Waals surface area (Å²) in [4.78, 5) is 20.2. The number of urea groups is 1. The van der Waals surface area contributed by atoms with Crippen LogP contribution in [0.15, 0.2) is 66.9 Å². The number of benzene rings is 2. The van der Waals surface area contributed by atoms with E-state index in [4.69, 9.17) is 11.6 Å². The number of halogens is 5. The number of carbonyl (C=O) groups is 1. The van der Waals surface area contributed by atoms with Crippen molar-refractivity contribution < 1.29 is 22.4 Å². The third-order valence-corrected chi connectivity index (χ3v) is 7.34. The molecule has 1 unspecified atom stereocenters. The first-order valence-electron chi connectivity index (χ1n) is 12.8. The topological polar surface area (TPSA) is 57.3 Å². The van der Waals surface area contributed by atoms with E-state index in [9.17, 15) is 22.4 Å². The van der Waals surface area contributed by atoms with E-state index in [1.165, 1.54) is 18.3 Å². The molecule has 2 amide bonds. The van der Waals surface area contributed by atoms with E-state index in [0.29, 0.717) is 22.7 Å². The number of piperidine rings is 1. The number of nitrogens with zero attached hydrogens (tertiary/aromatic N) is 2. The van der Waals surface area contributed by atoms with E-state index in [1.54, 1.807) is 30.3 Å². The van der Waals surface area contributed by atoms with Crippen molar-refractivity contribution in [3.8, 4) is 0 Å². The van der Waals surface area contributed by atoms with Gasteiger partial charge in [-0.1, -0.05) is 41.9 Å². The number of alkyl halides is 3. The second kappa shape index (κ2) is 11.9. The predicted molar refractivity (Wildman–Crippen MR) is 143 cm³/mol. The number of likely N-dealkylation sites (tertiary alicyclic amines) is 1. The molecule has 2 aromatic carbocycles. The minimum atomic E-state index is -4.80. The van der Waals surface area contributed by atoms with E-state index in [1.807, 2.05) is 0 Å². The Morgan fingerprint density at radius 1 is 1.05 bits per heavy atom. The van der Waals surface area contributed by atoms with Crippen molar-refractivity contribution in [1.82, 2.24) is 20.5 Å². The normalized spacial score (nSPS) is 16.6. The Hall–Kier alpha value is -3.17. The maximum atomic E-state index is 14.7. The second-order valence-corrected chi connectivity index (χ2v) is 10.6. The first-order valence-corrected chi connectivity index (χ1v) is 13.2. The first kappa shape index (κ1) is 28.8. The van der Waals surface area contributed by atoms with Crippen LogP contribution in [0, 0.1) is 5.82 Å². The summed E-state index contributed by atoms with van der Waals surface area (Å²) in [5, 5.41) is 6.21. The Bertz CT molecular complexity index is 1260. The largest absolute Gasteiger partial charge is 0.416 e. The molecule has 0 aliphatic carbocycles. The van der Waals surface area contributed by atoms with Gasteiger partial charge in [-0.05, 0) is 68.1 Å². The van der Waals surface area contributed by atoms with Crippen molar-refractivity contribution in [2.75, 3.05) is 13.1 Å². The lowest BCUT2D eigenvalue weighted by atomic mass is 9.79. The monoisotopic (exact) mass is 562 g/mol. The molecule has 1 saturated heterocycles. The molecule has 3 aromatic rings. The summed E-state index contributed by atoms with van der Waals surface area (Å²) >= 11 is 6.07. The Labute approximate surface area is 230 Å². The molecule has 2 N–H and O–H groups in total. The number of carbonyl (C=O) groups excluding carboxylic acids is 1. The fraction of sp³-hybridized carbons (Fsp3) is 0.379. The average Bonchev–Trinajstić information content (AvgIpc) is 2.88. The summed E-state index contributed by atoms with van der Waals surface area (Å²) in [5.74, 6) is -1.07. The number of rotatable bonds is 7. The van der Waals surface area contributed by atoms with Crippen LogP contribution in [0.25, 0.3) is 0 Å². The second-order valence-electron chi connectivity index (χ2n) is 10.2. The smallest absolute Gasteiger partial charge is 0.335 e. The molecule has 2 heterocycles. The lowest BCUT2D eigenvalue weighted by Crippen LogP contribution is -2.56.